The van der Waals surface area contributed by atoms with E-state index in [1.807, 2.05) is 17.6 Å². The van der Waals surface area contributed by atoms with Gasteiger partial charge in [0.05, 0.1) is 27.7 Å². The number of hydrogen-bond acceptors (Lipinski definition) is 4. The second-order valence-electron chi connectivity index (χ2n) is 8.21. The standard InChI is InChI=1S/C24H23Cl2F3N4O/c1-3-33-21-10-11-32(17-8-9-19(25)20(26)12-17)14-18(21)22(34)30-23(33)31(2)13-15-4-6-16(7-5-15)24(27,28)29/h4-9,12H,3,10-11,13-14H2,1-2H3. The van der Waals surface area contributed by atoms with Gasteiger partial charge in [-0.1, -0.05) is 35.3 Å². The van der Waals surface area contributed by atoms with Gasteiger partial charge >= 0.3 is 6.18 Å². The molecule has 0 radical (unpaired) electrons. The molecule has 1 aromatic heterocycles. The van der Waals surface area contributed by atoms with Crippen LogP contribution in [0.15, 0.2) is 47.3 Å². The number of aromatic nitrogens is 2. The van der Waals surface area contributed by atoms with E-state index in [1.54, 1.807) is 24.1 Å². The molecule has 0 N–H and O–H groups in total. The van der Waals surface area contributed by atoms with Crippen LogP contribution in [0.4, 0.5) is 24.8 Å². The molecule has 2 aromatic carbocycles. The quantitative estimate of drug-likeness (QED) is 0.435. The molecule has 0 aliphatic carbocycles. The lowest BCUT2D eigenvalue weighted by Gasteiger charge is -2.33. The van der Waals surface area contributed by atoms with Crippen LogP contribution in [-0.2, 0) is 32.2 Å². The average Bonchev–Trinajstić information content (AvgIpc) is 2.80. The number of halogens is 5. The molecular weight excluding hydrogens is 488 g/mol. The number of hydrogen-bond donors (Lipinski definition) is 0. The number of fused-ring (bicyclic) bond motifs is 1. The minimum atomic E-state index is -4.38. The molecule has 0 fully saturated rings. The molecule has 3 aromatic rings. The third-order valence-electron chi connectivity index (χ3n) is 5.97. The van der Waals surface area contributed by atoms with Crippen molar-refractivity contribution in [2.45, 2.75) is 39.2 Å². The highest BCUT2D eigenvalue weighted by Crippen LogP contribution is 2.31. The maximum atomic E-state index is 13.0. The normalized spacial score (nSPS) is 13.7. The molecule has 0 saturated heterocycles. The molecule has 0 atom stereocenters. The molecule has 10 heteroatoms. The predicted octanol–water partition coefficient (Wildman–Crippen LogP) is 5.79. The topological polar surface area (TPSA) is 41.4 Å². The second-order valence-corrected chi connectivity index (χ2v) is 9.02. The molecular formula is C24H23Cl2F3N4O. The number of alkyl halides is 3. The Morgan fingerprint density at radius 1 is 1.09 bits per heavy atom. The van der Waals surface area contributed by atoms with E-state index in [4.69, 9.17) is 23.2 Å². The Kier molecular flexibility index (Phi) is 6.82. The second kappa shape index (κ2) is 9.50. The summed E-state index contributed by atoms with van der Waals surface area (Å²) in [7, 11) is 1.78. The van der Waals surface area contributed by atoms with Crippen LogP contribution in [0.2, 0.25) is 10.0 Å². The van der Waals surface area contributed by atoms with Gasteiger partial charge < -0.3 is 14.4 Å². The van der Waals surface area contributed by atoms with Crippen molar-refractivity contribution >= 4 is 34.8 Å². The zero-order valence-electron chi connectivity index (χ0n) is 18.7. The summed E-state index contributed by atoms with van der Waals surface area (Å²) in [6.07, 6.45) is -3.74. The van der Waals surface area contributed by atoms with Gasteiger partial charge in [0.15, 0.2) is 0 Å². The zero-order valence-corrected chi connectivity index (χ0v) is 20.2. The maximum Gasteiger partial charge on any atom is 0.416 e. The van der Waals surface area contributed by atoms with Gasteiger partial charge in [-0.05, 0) is 42.8 Å². The van der Waals surface area contributed by atoms with Crippen LogP contribution in [0.1, 0.15) is 29.3 Å². The molecule has 0 unspecified atom stereocenters. The van der Waals surface area contributed by atoms with Crippen LogP contribution in [-0.4, -0.2) is 23.1 Å². The van der Waals surface area contributed by atoms with Gasteiger partial charge in [-0.15, -0.1) is 0 Å². The van der Waals surface area contributed by atoms with E-state index < -0.39 is 11.7 Å². The van der Waals surface area contributed by atoms with Crippen molar-refractivity contribution in [1.82, 2.24) is 9.55 Å². The predicted molar refractivity (Wildman–Crippen MR) is 129 cm³/mol. The molecule has 1 aliphatic rings. The summed E-state index contributed by atoms with van der Waals surface area (Å²) in [5, 5.41) is 0.924. The highest BCUT2D eigenvalue weighted by Gasteiger charge is 2.30. The van der Waals surface area contributed by atoms with Gasteiger partial charge in [0.1, 0.15) is 0 Å². The molecule has 0 saturated carbocycles. The number of nitrogens with zero attached hydrogens (tertiary/aromatic N) is 4. The zero-order chi connectivity index (χ0) is 24.6. The van der Waals surface area contributed by atoms with E-state index in [-0.39, 0.29) is 5.56 Å². The lowest BCUT2D eigenvalue weighted by Crippen LogP contribution is -2.39. The summed E-state index contributed by atoms with van der Waals surface area (Å²) in [5.74, 6) is 0.495. The summed E-state index contributed by atoms with van der Waals surface area (Å²) >= 11 is 12.2. The first-order valence-electron chi connectivity index (χ1n) is 10.8. The van der Waals surface area contributed by atoms with E-state index in [0.717, 1.165) is 23.5 Å². The van der Waals surface area contributed by atoms with E-state index >= 15 is 0 Å². The molecule has 4 rings (SSSR count). The molecule has 0 bridgehead atoms. The SMILES string of the molecule is CCn1c(N(C)Cc2ccc(C(F)(F)F)cc2)nc(=O)c2c1CCN(c1ccc(Cl)c(Cl)c1)C2. The Morgan fingerprint density at radius 3 is 2.41 bits per heavy atom. The fourth-order valence-corrected chi connectivity index (χ4v) is 4.54. The highest BCUT2D eigenvalue weighted by atomic mass is 35.5. The van der Waals surface area contributed by atoms with E-state index in [2.05, 4.69) is 9.88 Å². The van der Waals surface area contributed by atoms with Gasteiger partial charge in [-0.25, -0.2) is 0 Å². The monoisotopic (exact) mass is 510 g/mol. The minimum absolute atomic E-state index is 0.307. The third-order valence-corrected chi connectivity index (χ3v) is 6.71. The minimum Gasteiger partial charge on any atom is -0.366 e. The highest BCUT2D eigenvalue weighted by molar-refractivity contribution is 6.42. The van der Waals surface area contributed by atoms with Crippen LogP contribution in [0, 0.1) is 0 Å². The molecule has 5 nitrogen and oxygen atoms in total. The molecule has 34 heavy (non-hydrogen) atoms. The number of rotatable bonds is 5. The van der Waals surface area contributed by atoms with Gasteiger partial charge in [-0.2, -0.15) is 18.2 Å². The number of anilines is 2. The summed E-state index contributed by atoms with van der Waals surface area (Å²) < 4.78 is 40.6. The fraction of sp³-hybridized carbons (Fsp3) is 0.333. The molecule has 2 heterocycles. The summed E-state index contributed by atoms with van der Waals surface area (Å²) in [5.41, 5.74) is 2.13. The van der Waals surface area contributed by atoms with E-state index in [9.17, 15) is 18.0 Å². The Labute approximate surface area is 205 Å². The smallest absolute Gasteiger partial charge is 0.366 e. The van der Waals surface area contributed by atoms with Gasteiger partial charge in [-0.3, -0.25) is 4.79 Å². The van der Waals surface area contributed by atoms with Crippen molar-refractivity contribution in [1.29, 1.82) is 0 Å². The first-order chi connectivity index (χ1) is 16.1. The summed E-state index contributed by atoms with van der Waals surface area (Å²) in [6.45, 7) is 4.00. The molecule has 0 amide bonds. The molecule has 1 aliphatic heterocycles. The van der Waals surface area contributed by atoms with Crippen molar-refractivity contribution in [3.8, 4) is 0 Å². The van der Waals surface area contributed by atoms with Crippen LogP contribution in [0.25, 0.3) is 0 Å². The van der Waals surface area contributed by atoms with Gasteiger partial charge in [0, 0.05) is 44.5 Å². The largest absolute Gasteiger partial charge is 0.416 e. The fourth-order valence-electron chi connectivity index (χ4n) is 4.25. The van der Waals surface area contributed by atoms with Gasteiger partial charge in [0.2, 0.25) is 5.95 Å². The Hall–Kier alpha value is -2.71. The third kappa shape index (κ3) is 4.88. The first-order valence-corrected chi connectivity index (χ1v) is 11.5. The van der Waals surface area contributed by atoms with Crippen molar-refractivity contribution in [2.24, 2.45) is 0 Å². The number of benzene rings is 2. The Balaban J connectivity index is 1.60. The lowest BCUT2D eigenvalue weighted by atomic mass is 10.1. The van der Waals surface area contributed by atoms with Gasteiger partial charge in [0.25, 0.3) is 5.56 Å². The maximum absolute atomic E-state index is 13.0. The van der Waals surface area contributed by atoms with E-state index in [1.165, 1.54) is 12.1 Å². The summed E-state index contributed by atoms with van der Waals surface area (Å²) in [6, 6.07) is 10.4. The van der Waals surface area contributed by atoms with Crippen molar-refractivity contribution in [3.63, 3.8) is 0 Å². The Bertz CT molecular complexity index is 1260. The summed E-state index contributed by atoms with van der Waals surface area (Å²) in [4.78, 5) is 21.2. The van der Waals surface area contributed by atoms with Crippen molar-refractivity contribution in [3.05, 3.63) is 85.2 Å². The first kappa shape index (κ1) is 24.4. The van der Waals surface area contributed by atoms with Crippen molar-refractivity contribution in [2.75, 3.05) is 23.4 Å². The van der Waals surface area contributed by atoms with Crippen LogP contribution >= 0.6 is 23.2 Å². The van der Waals surface area contributed by atoms with Crippen LogP contribution < -0.4 is 15.4 Å². The molecule has 180 valence electrons. The van der Waals surface area contributed by atoms with Crippen molar-refractivity contribution < 1.29 is 13.2 Å². The van der Waals surface area contributed by atoms with Crippen LogP contribution in [0.3, 0.4) is 0 Å². The van der Waals surface area contributed by atoms with E-state index in [0.29, 0.717) is 59.7 Å². The lowest BCUT2D eigenvalue weighted by molar-refractivity contribution is -0.137. The Morgan fingerprint density at radius 2 is 1.79 bits per heavy atom. The molecule has 0 spiro atoms. The van der Waals surface area contributed by atoms with Crippen LogP contribution in [0.5, 0.6) is 0 Å². The average molecular weight is 511 g/mol.